The summed E-state index contributed by atoms with van der Waals surface area (Å²) in [6, 6.07) is 11.1. The lowest BCUT2D eigenvalue weighted by Crippen LogP contribution is -2.07. The van der Waals surface area contributed by atoms with E-state index < -0.39 is 0 Å². The molecule has 0 nitrogen and oxygen atoms in total. The molecular formula is C18H20ClF. The predicted molar refractivity (Wildman–Crippen MR) is 84.2 cm³/mol. The fourth-order valence-electron chi connectivity index (χ4n) is 2.77. The highest BCUT2D eigenvalue weighted by Gasteiger charge is 2.14. The number of halogens is 2. The summed E-state index contributed by atoms with van der Waals surface area (Å²) in [5.41, 5.74) is 6.35. The molecule has 2 rings (SSSR count). The maximum atomic E-state index is 13.0. The minimum Gasteiger partial charge on any atom is -0.207 e. The van der Waals surface area contributed by atoms with Gasteiger partial charge in [-0.25, -0.2) is 4.39 Å². The number of hydrogen-bond donors (Lipinski definition) is 0. The van der Waals surface area contributed by atoms with Crippen LogP contribution in [0.2, 0.25) is 0 Å². The van der Waals surface area contributed by atoms with E-state index in [0.29, 0.717) is 5.88 Å². The van der Waals surface area contributed by atoms with Crippen LogP contribution in [0, 0.1) is 26.6 Å². The van der Waals surface area contributed by atoms with Crippen LogP contribution in [0.25, 0.3) is 0 Å². The largest absolute Gasteiger partial charge is 0.207 e. The molecule has 0 amide bonds. The molecule has 0 aliphatic rings. The highest BCUT2D eigenvalue weighted by molar-refractivity contribution is 6.18. The van der Waals surface area contributed by atoms with E-state index in [9.17, 15) is 4.39 Å². The van der Waals surface area contributed by atoms with Gasteiger partial charge in [0.1, 0.15) is 5.82 Å². The van der Waals surface area contributed by atoms with Gasteiger partial charge in [-0.2, -0.15) is 0 Å². The van der Waals surface area contributed by atoms with E-state index >= 15 is 0 Å². The van der Waals surface area contributed by atoms with Crippen LogP contribution in [-0.2, 0) is 6.42 Å². The average molecular weight is 291 g/mol. The Labute approximate surface area is 125 Å². The fourth-order valence-corrected chi connectivity index (χ4v) is 3.06. The standard InChI is InChI=1S/C18H20ClF/c1-12-8-13(2)18(14(3)9-12)10-16(11-19)15-4-6-17(20)7-5-15/h4-9,16H,10-11H2,1-3H3. The quantitative estimate of drug-likeness (QED) is 0.669. The molecule has 0 radical (unpaired) electrons. The van der Waals surface area contributed by atoms with Gasteiger partial charge in [-0.3, -0.25) is 0 Å². The zero-order valence-corrected chi connectivity index (χ0v) is 13.0. The summed E-state index contributed by atoms with van der Waals surface area (Å²) in [5, 5.41) is 0. The Balaban J connectivity index is 2.29. The van der Waals surface area contributed by atoms with E-state index in [-0.39, 0.29) is 11.7 Å². The van der Waals surface area contributed by atoms with Crippen molar-refractivity contribution < 1.29 is 4.39 Å². The first kappa shape index (κ1) is 15.1. The second kappa shape index (κ2) is 6.41. The maximum absolute atomic E-state index is 13.0. The van der Waals surface area contributed by atoms with Crippen molar-refractivity contribution in [2.45, 2.75) is 33.1 Å². The third kappa shape index (κ3) is 3.40. The van der Waals surface area contributed by atoms with Crippen molar-refractivity contribution in [1.29, 1.82) is 0 Å². The van der Waals surface area contributed by atoms with Crippen LogP contribution in [0.1, 0.15) is 33.7 Å². The second-order valence-electron chi connectivity index (χ2n) is 5.48. The van der Waals surface area contributed by atoms with Crippen molar-refractivity contribution in [2.24, 2.45) is 0 Å². The molecular weight excluding hydrogens is 271 g/mol. The van der Waals surface area contributed by atoms with Crippen LogP contribution in [0.5, 0.6) is 0 Å². The monoisotopic (exact) mass is 290 g/mol. The average Bonchev–Trinajstić information content (AvgIpc) is 2.39. The molecule has 2 heteroatoms. The lowest BCUT2D eigenvalue weighted by Gasteiger charge is -2.18. The van der Waals surface area contributed by atoms with Crippen LogP contribution < -0.4 is 0 Å². The number of benzene rings is 2. The highest BCUT2D eigenvalue weighted by atomic mass is 35.5. The van der Waals surface area contributed by atoms with Crippen molar-refractivity contribution >= 4 is 11.6 Å². The Morgan fingerprint density at radius 2 is 1.55 bits per heavy atom. The molecule has 2 aromatic carbocycles. The zero-order chi connectivity index (χ0) is 14.7. The van der Waals surface area contributed by atoms with Gasteiger partial charge in [0.2, 0.25) is 0 Å². The highest BCUT2D eigenvalue weighted by Crippen LogP contribution is 2.27. The van der Waals surface area contributed by atoms with Gasteiger partial charge in [0, 0.05) is 11.8 Å². The smallest absolute Gasteiger partial charge is 0.123 e. The second-order valence-corrected chi connectivity index (χ2v) is 5.79. The molecule has 1 unspecified atom stereocenters. The molecule has 0 saturated carbocycles. The summed E-state index contributed by atoms with van der Waals surface area (Å²) < 4.78 is 13.0. The summed E-state index contributed by atoms with van der Waals surface area (Å²) >= 11 is 6.13. The van der Waals surface area contributed by atoms with E-state index in [2.05, 4.69) is 32.9 Å². The Morgan fingerprint density at radius 1 is 1.00 bits per heavy atom. The van der Waals surface area contributed by atoms with E-state index in [4.69, 9.17) is 11.6 Å². The molecule has 0 aliphatic carbocycles. The molecule has 0 N–H and O–H groups in total. The molecule has 1 atom stereocenters. The van der Waals surface area contributed by atoms with Gasteiger partial charge in [0.05, 0.1) is 0 Å². The van der Waals surface area contributed by atoms with Crippen LogP contribution in [0.4, 0.5) is 4.39 Å². The van der Waals surface area contributed by atoms with E-state index in [1.165, 1.54) is 34.4 Å². The summed E-state index contributed by atoms with van der Waals surface area (Å²) in [7, 11) is 0. The first-order valence-corrected chi connectivity index (χ1v) is 7.43. The Kier molecular flexibility index (Phi) is 4.82. The first-order chi connectivity index (χ1) is 9.51. The predicted octanol–water partition coefficient (Wildman–Crippen LogP) is 5.32. The SMILES string of the molecule is Cc1cc(C)c(CC(CCl)c2ccc(F)cc2)c(C)c1. The first-order valence-electron chi connectivity index (χ1n) is 6.89. The third-order valence-corrected chi connectivity index (χ3v) is 4.19. The van der Waals surface area contributed by atoms with E-state index in [1.54, 1.807) is 0 Å². The van der Waals surface area contributed by atoms with E-state index in [0.717, 1.165) is 12.0 Å². The number of rotatable bonds is 4. The normalized spacial score (nSPS) is 12.4. The molecule has 0 bridgehead atoms. The van der Waals surface area contributed by atoms with Crippen molar-refractivity contribution in [3.63, 3.8) is 0 Å². The molecule has 0 aliphatic heterocycles. The van der Waals surface area contributed by atoms with Crippen molar-refractivity contribution in [2.75, 3.05) is 5.88 Å². The minimum atomic E-state index is -0.204. The maximum Gasteiger partial charge on any atom is 0.123 e. The van der Waals surface area contributed by atoms with Gasteiger partial charge < -0.3 is 0 Å². The summed E-state index contributed by atoms with van der Waals surface area (Å²) in [4.78, 5) is 0. The molecule has 20 heavy (non-hydrogen) atoms. The van der Waals surface area contributed by atoms with Gasteiger partial charge in [-0.05, 0) is 61.6 Å². The van der Waals surface area contributed by atoms with Crippen LogP contribution >= 0.6 is 11.6 Å². The zero-order valence-electron chi connectivity index (χ0n) is 12.2. The molecule has 0 spiro atoms. The molecule has 0 aromatic heterocycles. The van der Waals surface area contributed by atoms with Crippen LogP contribution in [-0.4, -0.2) is 5.88 Å². The van der Waals surface area contributed by atoms with Gasteiger partial charge >= 0.3 is 0 Å². The van der Waals surface area contributed by atoms with Crippen molar-refractivity contribution in [1.82, 2.24) is 0 Å². The topological polar surface area (TPSA) is 0 Å². The lowest BCUT2D eigenvalue weighted by atomic mass is 9.88. The molecule has 2 aromatic rings. The minimum absolute atomic E-state index is 0.204. The number of alkyl halides is 1. The molecule has 0 saturated heterocycles. The molecule has 0 fully saturated rings. The molecule has 0 heterocycles. The third-order valence-electron chi connectivity index (χ3n) is 3.82. The summed E-state index contributed by atoms with van der Waals surface area (Å²) in [6.07, 6.45) is 0.896. The lowest BCUT2D eigenvalue weighted by molar-refractivity contribution is 0.625. The Morgan fingerprint density at radius 3 is 2.05 bits per heavy atom. The van der Waals surface area contributed by atoms with Crippen LogP contribution in [0.15, 0.2) is 36.4 Å². The van der Waals surface area contributed by atoms with Gasteiger partial charge in [0.25, 0.3) is 0 Å². The fraction of sp³-hybridized carbons (Fsp3) is 0.333. The van der Waals surface area contributed by atoms with Crippen LogP contribution in [0.3, 0.4) is 0 Å². The van der Waals surface area contributed by atoms with E-state index in [1.807, 2.05) is 12.1 Å². The van der Waals surface area contributed by atoms with Gasteiger partial charge in [-0.1, -0.05) is 29.8 Å². The number of hydrogen-bond acceptors (Lipinski definition) is 0. The van der Waals surface area contributed by atoms with Crippen molar-refractivity contribution in [3.8, 4) is 0 Å². The summed E-state index contributed by atoms with van der Waals surface area (Å²) in [5.74, 6) is 0.556. The van der Waals surface area contributed by atoms with Gasteiger partial charge in [-0.15, -0.1) is 11.6 Å². The number of aryl methyl sites for hydroxylation is 3. The Hall–Kier alpha value is -1.34. The van der Waals surface area contributed by atoms with Crippen molar-refractivity contribution in [3.05, 3.63) is 70.0 Å². The Bertz CT molecular complexity index is 564. The molecule has 106 valence electrons. The summed E-state index contributed by atoms with van der Waals surface area (Å²) in [6.45, 7) is 6.40. The van der Waals surface area contributed by atoms with Gasteiger partial charge in [0.15, 0.2) is 0 Å².